The lowest BCUT2D eigenvalue weighted by molar-refractivity contribution is -0.122. The van der Waals surface area contributed by atoms with Crippen LogP contribution in [0.5, 0.6) is 0 Å². The van der Waals surface area contributed by atoms with Crippen molar-refractivity contribution in [2.24, 2.45) is 0 Å². The Morgan fingerprint density at radius 1 is 0.535 bits per heavy atom. The highest BCUT2D eigenvalue weighted by Crippen LogP contribution is 2.75. The van der Waals surface area contributed by atoms with Gasteiger partial charge in [-0.1, -0.05) is 25.0 Å². The summed E-state index contributed by atoms with van der Waals surface area (Å²) in [5.41, 5.74) is 6.91. The smallest absolute Gasteiger partial charge is 0.390 e. The number of carbonyl (C=O) groups is 1. The van der Waals surface area contributed by atoms with Crippen LogP contribution in [0.3, 0.4) is 0 Å². The summed E-state index contributed by atoms with van der Waals surface area (Å²) in [6, 6.07) is 0. The number of amides is 1. The molecule has 574 valence electrons. The summed E-state index contributed by atoms with van der Waals surface area (Å²) < 4.78 is 182. The number of fused-ring (bicyclic) bond motifs is 1. The van der Waals surface area contributed by atoms with Crippen LogP contribution in [-0.2, 0) is 137 Å². The number of phosphoric acid groups is 7. The molecular formula is C48H92N9O35P7. The summed E-state index contributed by atoms with van der Waals surface area (Å²) in [6.45, 7) is 8.70. The first-order valence-corrected chi connectivity index (χ1v) is 41.5. The van der Waals surface area contributed by atoms with Crippen LogP contribution in [-0.4, -0.2) is 244 Å². The van der Waals surface area contributed by atoms with Gasteiger partial charge in [-0.2, -0.15) is 21.6 Å². The highest BCUT2D eigenvalue weighted by Gasteiger charge is 2.50. The standard InChI is InChI=1S/C48H92N9O35P7/c1-2-15-74-22-26-78-30-34-82-35-31-79-27-23-75-16-9-10-19-84-93(60,61)83-18-8-5-11-41-37-56(55-54-41)14-21-77-25-29-81-33-32-80-28-24-76-20-12-44(59)50-13-6-3-4-7-17-85-94(62,63)88-96(66,67)90-98(70,71)92-99(72,73)91-97(68,69)89-95(64,65)86-38-43-42(58)36-45(87-43)57-40-53-46-47(49)51-39-52-48(46)57/h37,39-40,42-43,45,58H,2-36,38H2,1H3,(H,50,59)(H,60,61)(H,62,63)(H,64,65)(H,66,67)(H,68,69)(H,70,71)(H,72,73)(H2,49,51,52)/t42?,43-,45-/m1/s1. The van der Waals surface area contributed by atoms with E-state index in [0.29, 0.717) is 150 Å². The molecule has 44 nitrogen and oxygen atoms in total. The van der Waals surface area contributed by atoms with E-state index in [1.807, 2.05) is 0 Å². The van der Waals surface area contributed by atoms with Crippen LogP contribution in [0.15, 0.2) is 18.9 Å². The number of aliphatic hydroxyl groups excluding tert-OH is 1. The Morgan fingerprint density at radius 2 is 0.980 bits per heavy atom. The van der Waals surface area contributed by atoms with Crippen LogP contribution in [0, 0.1) is 0 Å². The molecule has 10 atom stereocenters. The van der Waals surface area contributed by atoms with Gasteiger partial charge in [-0.05, 0) is 51.4 Å². The fourth-order valence-electron chi connectivity index (χ4n) is 8.00. The molecule has 4 rings (SSSR count). The predicted molar refractivity (Wildman–Crippen MR) is 338 cm³/mol. The molecule has 0 aromatic carbocycles. The number of aromatic nitrogens is 7. The molecule has 99 heavy (non-hydrogen) atoms. The van der Waals surface area contributed by atoms with Crippen molar-refractivity contribution in [2.75, 3.05) is 158 Å². The summed E-state index contributed by atoms with van der Waals surface area (Å²) in [7, 11) is -41.1. The van der Waals surface area contributed by atoms with Crippen molar-refractivity contribution in [1.29, 1.82) is 0 Å². The third kappa shape index (κ3) is 41.7. The fourth-order valence-corrected chi connectivity index (χ4v) is 16.6. The third-order valence-corrected chi connectivity index (χ3v) is 22.7. The zero-order valence-corrected chi connectivity index (χ0v) is 60.6. The maximum atomic E-state index is 12.4. The molecule has 0 spiro atoms. The molecule has 0 bridgehead atoms. The second-order valence-corrected chi connectivity index (χ2v) is 31.5. The van der Waals surface area contributed by atoms with Crippen LogP contribution in [0.1, 0.15) is 89.5 Å². The van der Waals surface area contributed by atoms with Crippen molar-refractivity contribution in [1.82, 2.24) is 39.8 Å². The fraction of sp³-hybridized carbons (Fsp3) is 0.833. The normalized spacial score (nSPS) is 19.4. The Hall–Kier alpha value is -2.51. The van der Waals surface area contributed by atoms with Crippen molar-refractivity contribution in [3.8, 4) is 0 Å². The molecule has 51 heteroatoms. The second-order valence-electron chi connectivity index (χ2n) is 20.7. The lowest BCUT2D eigenvalue weighted by Crippen LogP contribution is -2.26. The number of nitrogens with two attached hydrogens (primary N) is 1. The van der Waals surface area contributed by atoms with Gasteiger partial charge in [-0.25, -0.2) is 51.6 Å². The first-order chi connectivity index (χ1) is 47.0. The number of rotatable bonds is 63. The molecule has 1 aliphatic heterocycles. The van der Waals surface area contributed by atoms with Gasteiger partial charge in [0.05, 0.1) is 157 Å². The lowest BCUT2D eigenvalue weighted by atomic mass is 10.2. The number of anilines is 1. The van der Waals surface area contributed by atoms with E-state index in [1.54, 1.807) is 10.9 Å². The molecule has 1 amide bonds. The van der Waals surface area contributed by atoms with E-state index in [9.17, 15) is 76.1 Å². The molecule has 3 aromatic rings. The molecular weight excluding hydrogens is 1480 g/mol. The highest BCUT2D eigenvalue weighted by molar-refractivity contribution is 7.72. The molecule has 0 radical (unpaired) electrons. The number of phosphoric ester groups is 3. The van der Waals surface area contributed by atoms with Crippen LogP contribution in [0.25, 0.3) is 11.2 Å². The van der Waals surface area contributed by atoms with Crippen LogP contribution in [0.4, 0.5) is 5.82 Å². The summed E-state index contributed by atoms with van der Waals surface area (Å²) in [5.74, 6) is -0.258. The van der Waals surface area contributed by atoms with Gasteiger partial charge < -0.3 is 97.8 Å². The van der Waals surface area contributed by atoms with E-state index in [2.05, 4.69) is 68.1 Å². The molecule has 3 aromatic heterocycles. The summed E-state index contributed by atoms with van der Waals surface area (Å²) in [5, 5.41) is 21.4. The zero-order valence-electron chi connectivity index (χ0n) is 54.4. The van der Waals surface area contributed by atoms with E-state index >= 15 is 0 Å². The van der Waals surface area contributed by atoms with E-state index in [1.165, 1.54) is 10.9 Å². The molecule has 0 saturated carbocycles. The maximum Gasteiger partial charge on any atom is 0.490 e. The van der Waals surface area contributed by atoms with Crippen molar-refractivity contribution in [3.63, 3.8) is 0 Å². The van der Waals surface area contributed by atoms with Crippen LogP contribution < -0.4 is 11.1 Å². The number of unbranched alkanes of at least 4 members (excludes halogenated alkanes) is 5. The average molecular weight is 1570 g/mol. The number of ether oxygens (including phenoxy) is 10. The van der Waals surface area contributed by atoms with Crippen LogP contribution in [0.2, 0.25) is 0 Å². The number of aliphatic hydroxyl groups is 1. The van der Waals surface area contributed by atoms with Gasteiger partial charge in [0, 0.05) is 38.8 Å². The van der Waals surface area contributed by atoms with Gasteiger partial charge in [0.15, 0.2) is 11.5 Å². The van der Waals surface area contributed by atoms with Crippen LogP contribution >= 0.6 is 54.8 Å². The molecule has 8 unspecified atom stereocenters. The molecule has 11 N–H and O–H groups in total. The first kappa shape index (κ1) is 88.9. The van der Waals surface area contributed by atoms with Crippen molar-refractivity contribution < 1.29 is 163 Å². The number of nitrogen functional groups attached to an aromatic ring is 1. The van der Waals surface area contributed by atoms with Gasteiger partial charge in [0.1, 0.15) is 24.2 Å². The number of nitrogens with zero attached hydrogens (tertiary/aromatic N) is 7. The predicted octanol–water partition coefficient (Wildman–Crippen LogP) is 3.93. The monoisotopic (exact) mass is 1570 g/mol. The van der Waals surface area contributed by atoms with Gasteiger partial charge >= 0.3 is 54.8 Å². The number of hydrogen-bond acceptors (Lipinski definition) is 34. The average Bonchev–Trinajstić information content (AvgIpc) is 1.71. The topological polar surface area (TPSA) is 586 Å². The SMILES string of the molecule is CCCOCCOCCOCCOCCOCCCCOP(=O)(O)OCCCCc1cn(CCOCCOCCOCCOCCC(=O)NCCCCCCOP(=O)(O)OP(=O)(O)OP(=O)(O)OP(=O)(O)OP(=O)(O)OP(=O)(O)OC[C@H]2O[C@@H](n3cnc4c(N)ncnc43)CC2O)nn1. The van der Waals surface area contributed by atoms with E-state index in [0.717, 1.165) is 25.0 Å². The Balaban J connectivity index is 0.888. The Labute approximate surface area is 569 Å². The number of hydrogen-bond donors (Lipinski definition) is 10. The Kier molecular flexibility index (Phi) is 43.0. The number of nitrogens with one attached hydrogen (secondary N) is 1. The Bertz CT molecular complexity index is 3110. The lowest BCUT2D eigenvalue weighted by Gasteiger charge is -2.21. The second kappa shape index (κ2) is 47.8. The molecule has 1 aliphatic rings. The quantitative estimate of drug-likeness (QED) is 0.0283. The maximum absolute atomic E-state index is 12.4. The summed E-state index contributed by atoms with van der Waals surface area (Å²) in [6.07, 6.45) is 5.52. The molecule has 1 fully saturated rings. The summed E-state index contributed by atoms with van der Waals surface area (Å²) in [4.78, 5) is 93.1. The van der Waals surface area contributed by atoms with E-state index < -0.39 is 86.4 Å². The highest BCUT2D eigenvalue weighted by atomic mass is 31.3. The Morgan fingerprint density at radius 3 is 1.53 bits per heavy atom. The third-order valence-electron chi connectivity index (χ3n) is 12.5. The minimum absolute atomic E-state index is 0.0308. The molecule has 0 aliphatic carbocycles. The van der Waals surface area contributed by atoms with Crippen molar-refractivity contribution in [2.45, 2.75) is 109 Å². The van der Waals surface area contributed by atoms with E-state index in [4.69, 9.17) is 62.1 Å². The molecule has 4 heterocycles. The van der Waals surface area contributed by atoms with Crippen molar-refractivity contribution >= 4 is 77.6 Å². The largest absolute Gasteiger partial charge is 0.490 e. The number of imidazole rings is 1. The number of carbonyl (C=O) groups excluding carboxylic acids is 1. The van der Waals surface area contributed by atoms with Gasteiger partial charge in [-0.3, -0.25) is 27.5 Å². The van der Waals surface area contributed by atoms with Gasteiger partial charge in [-0.15, -0.1) is 5.10 Å². The minimum atomic E-state index is -6.50. The van der Waals surface area contributed by atoms with E-state index in [-0.39, 0.29) is 81.7 Å². The van der Waals surface area contributed by atoms with Gasteiger partial charge in [0.25, 0.3) is 0 Å². The van der Waals surface area contributed by atoms with Crippen molar-refractivity contribution in [3.05, 3.63) is 24.5 Å². The summed E-state index contributed by atoms with van der Waals surface area (Å²) >= 11 is 0. The minimum Gasteiger partial charge on any atom is -0.390 e. The first-order valence-electron chi connectivity index (χ1n) is 31.1. The number of aryl methyl sites for hydroxylation is 1. The van der Waals surface area contributed by atoms with Gasteiger partial charge in [0.2, 0.25) is 5.91 Å². The zero-order chi connectivity index (χ0) is 72.5. The molecule has 1 saturated heterocycles.